The Balaban J connectivity index is 0.000000523. The van der Waals surface area contributed by atoms with Crippen LogP contribution in [0.1, 0.15) is 31.1 Å². The fourth-order valence-corrected chi connectivity index (χ4v) is 3.49. The molecule has 170 valence electrons. The third-order valence-corrected chi connectivity index (χ3v) is 5.12. The van der Waals surface area contributed by atoms with Crippen LogP contribution in [-0.4, -0.2) is 65.8 Å². The normalized spacial score (nSPS) is 17.8. The molecule has 1 atom stereocenters. The Hall–Kier alpha value is -3.46. The average Bonchev–Trinajstić information content (AvgIpc) is 2.80. The average molecular weight is 440 g/mol. The van der Waals surface area contributed by atoms with Gasteiger partial charge in [0, 0.05) is 25.8 Å². The Bertz CT molecular complexity index is 934. The van der Waals surface area contributed by atoms with Crippen molar-refractivity contribution < 1.29 is 19.0 Å². The van der Waals surface area contributed by atoms with Crippen molar-refractivity contribution in [3.8, 4) is 11.6 Å². The van der Waals surface area contributed by atoms with E-state index in [9.17, 15) is 4.79 Å². The highest BCUT2D eigenvalue weighted by Crippen LogP contribution is 2.33. The number of carbonyl (C=O) groups is 1. The van der Waals surface area contributed by atoms with E-state index in [0.717, 1.165) is 18.7 Å². The molecule has 2 aliphatic rings. The number of piperazine rings is 1. The number of hydrogen-bond acceptors (Lipinski definition) is 8. The van der Waals surface area contributed by atoms with Crippen LogP contribution in [0.5, 0.6) is 11.6 Å². The van der Waals surface area contributed by atoms with E-state index in [2.05, 4.69) is 38.9 Å². The van der Waals surface area contributed by atoms with Gasteiger partial charge in [0.05, 0.1) is 19.0 Å². The summed E-state index contributed by atoms with van der Waals surface area (Å²) in [5.74, 6) is 2.15. The fourth-order valence-electron chi connectivity index (χ4n) is 3.49. The lowest BCUT2D eigenvalue weighted by Gasteiger charge is -2.35. The van der Waals surface area contributed by atoms with E-state index < -0.39 is 0 Å². The maximum absolute atomic E-state index is 9.18. The molecule has 9 heteroatoms. The highest BCUT2D eigenvalue weighted by atomic mass is 16.6. The van der Waals surface area contributed by atoms with Crippen LogP contribution in [0.25, 0.3) is 0 Å². The third kappa shape index (κ3) is 6.04. The van der Waals surface area contributed by atoms with E-state index in [0.29, 0.717) is 56.1 Å². The molecule has 2 N–H and O–H groups in total. The predicted octanol–water partition coefficient (Wildman–Crippen LogP) is 2.87. The molecule has 4 rings (SSSR count). The van der Waals surface area contributed by atoms with Crippen LogP contribution < -0.4 is 9.47 Å². The molecule has 3 heterocycles. The molecular formula is C23H29N5O4. The van der Waals surface area contributed by atoms with E-state index in [1.807, 2.05) is 12.1 Å². The first kappa shape index (κ1) is 23.2. The molecule has 0 spiro atoms. The molecular weight excluding hydrogens is 410 g/mol. The van der Waals surface area contributed by atoms with Gasteiger partial charge in [0.15, 0.2) is 11.9 Å². The topological polar surface area (TPSA) is 112 Å². The van der Waals surface area contributed by atoms with Crippen molar-refractivity contribution in [3.05, 3.63) is 53.7 Å². The largest absolute Gasteiger partial charge is 0.484 e. The van der Waals surface area contributed by atoms with E-state index in [4.69, 9.17) is 20.3 Å². The van der Waals surface area contributed by atoms with Gasteiger partial charge in [-0.15, -0.1) is 0 Å². The second-order valence-corrected chi connectivity index (χ2v) is 7.41. The fraction of sp³-hybridized carbons (Fsp3) is 0.391. The van der Waals surface area contributed by atoms with Gasteiger partial charge >= 0.3 is 0 Å². The van der Waals surface area contributed by atoms with E-state index in [1.54, 1.807) is 24.9 Å². The molecule has 1 aromatic heterocycles. The van der Waals surface area contributed by atoms with Crippen molar-refractivity contribution >= 4 is 18.1 Å². The molecule has 0 bridgehead atoms. The lowest BCUT2D eigenvalue weighted by molar-refractivity contribution is -0.128. The van der Waals surface area contributed by atoms with Gasteiger partial charge in [0.1, 0.15) is 12.4 Å². The van der Waals surface area contributed by atoms with Crippen LogP contribution in [0, 0.1) is 10.8 Å². The van der Waals surface area contributed by atoms with Crippen molar-refractivity contribution in [3.63, 3.8) is 0 Å². The third-order valence-electron chi connectivity index (χ3n) is 5.12. The summed E-state index contributed by atoms with van der Waals surface area (Å²) in [5.41, 5.74) is 2.26. The molecule has 2 aliphatic heterocycles. The first-order valence-electron chi connectivity index (χ1n) is 10.5. The van der Waals surface area contributed by atoms with Crippen molar-refractivity contribution in [2.24, 2.45) is 0 Å². The van der Waals surface area contributed by atoms with Crippen LogP contribution >= 0.6 is 0 Å². The maximum Gasteiger partial charge on any atom is 0.293 e. The number of rotatable bonds is 5. The quantitative estimate of drug-likeness (QED) is 0.418. The summed E-state index contributed by atoms with van der Waals surface area (Å²) < 4.78 is 15.9. The van der Waals surface area contributed by atoms with Gasteiger partial charge in [0.2, 0.25) is 0 Å². The molecule has 9 nitrogen and oxygen atoms in total. The monoisotopic (exact) mass is 439 g/mol. The number of pyridine rings is 1. The number of hydrogen-bond donors (Lipinski definition) is 2. The van der Waals surface area contributed by atoms with E-state index >= 15 is 0 Å². The van der Waals surface area contributed by atoms with Crippen molar-refractivity contribution in [2.45, 2.75) is 26.5 Å². The van der Waals surface area contributed by atoms with Crippen molar-refractivity contribution in [2.75, 3.05) is 32.8 Å². The molecule has 2 aromatic rings. The number of nitrogens with one attached hydrogen (secondary N) is 2. The van der Waals surface area contributed by atoms with Gasteiger partial charge in [0.25, 0.3) is 12.4 Å². The second-order valence-electron chi connectivity index (χ2n) is 7.41. The minimum Gasteiger partial charge on any atom is -0.484 e. The van der Waals surface area contributed by atoms with Crippen LogP contribution in [0.3, 0.4) is 0 Å². The Morgan fingerprint density at radius 3 is 2.69 bits per heavy atom. The molecule has 0 amide bonds. The summed E-state index contributed by atoms with van der Waals surface area (Å²) in [4.78, 5) is 17.4. The summed E-state index contributed by atoms with van der Waals surface area (Å²) in [6, 6.07) is 12.0. The Morgan fingerprint density at radius 2 is 2.06 bits per heavy atom. The SMILES string of the molecule is CC(=N)N1CCN(Cc2ccc(C3COc4cccnc4O3)cc2)CC1=N.CCOC=O. The van der Waals surface area contributed by atoms with Crippen molar-refractivity contribution in [1.29, 1.82) is 10.8 Å². The van der Waals surface area contributed by atoms with Gasteiger partial charge in [-0.25, -0.2) is 4.98 Å². The minimum absolute atomic E-state index is 0.159. The number of nitrogens with zero attached hydrogens (tertiary/aromatic N) is 3. The molecule has 0 radical (unpaired) electrons. The lowest BCUT2D eigenvalue weighted by Crippen LogP contribution is -2.51. The lowest BCUT2D eigenvalue weighted by atomic mass is 10.1. The highest BCUT2D eigenvalue weighted by molar-refractivity contribution is 5.98. The predicted molar refractivity (Wildman–Crippen MR) is 120 cm³/mol. The van der Waals surface area contributed by atoms with Crippen LogP contribution in [-0.2, 0) is 16.1 Å². The number of ether oxygens (including phenoxy) is 3. The minimum atomic E-state index is -0.159. The van der Waals surface area contributed by atoms with Crippen molar-refractivity contribution in [1.82, 2.24) is 14.8 Å². The van der Waals surface area contributed by atoms with Crippen LogP contribution in [0.2, 0.25) is 0 Å². The molecule has 1 fully saturated rings. The summed E-state index contributed by atoms with van der Waals surface area (Å²) in [5, 5.41) is 15.8. The smallest absolute Gasteiger partial charge is 0.293 e. The van der Waals surface area contributed by atoms with Gasteiger partial charge in [-0.1, -0.05) is 24.3 Å². The number of carbonyl (C=O) groups excluding carboxylic acids is 1. The van der Waals surface area contributed by atoms with Crippen LogP contribution in [0.4, 0.5) is 0 Å². The van der Waals surface area contributed by atoms with Gasteiger partial charge in [-0.3, -0.25) is 20.5 Å². The number of amidine groups is 2. The zero-order chi connectivity index (χ0) is 22.9. The summed E-state index contributed by atoms with van der Waals surface area (Å²) in [7, 11) is 0. The molecule has 32 heavy (non-hydrogen) atoms. The maximum atomic E-state index is 9.18. The zero-order valence-corrected chi connectivity index (χ0v) is 18.4. The summed E-state index contributed by atoms with van der Waals surface area (Å²) in [6.45, 7) is 7.78. The second kappa shape index (κ2) is 11.2. The zero-order valence-electron chi connectivity index (χ0n) is 18.4. The Morgan fingerprint density at radius 1 is 1.28 bits per heavy atom. The first-order valence-corrected chi connectivity index (χ1v) is 10.5. The first-order chi connectivity index (χ1) is 15.5. The van der Waals surface area contributed by atoms with E-state index in [-0.39, 0.29) is 6.10 Å². The standard InChI is InChI=1S/C20H23N5O2.C3H6O2/c1-14(21)25-10-9-24(12-19(25)22)11-15-4-6-16(7-5-15)18-13-26-17-3-2-8-23-20(17)27-18;1-2-5-3-4/h2-8,18,21-22H,9-13H2,1H3;3H,2H2,1H3. The molecule has 1 aromatic carbocycles. The Labute approximate surface area is 187 Å². The number of aromatic nitrogens is 1. The van der Waals surface area contributed by atoms with Crippen LogP contribution in [0.15, 0.2) is 42.6 Å². The Kier molecular flexibility index (Phi) is 8.15. The van der Waals surface area contributed by atoms with Gasteiger partial charge in [-0.05, 0) is 37.1 Å². The molecule has 0 saturated carbocycles. The number of benzene rings is 1. The summed E-state index contributed by atoms with van der Waals surface area (Å²) >= 11 is 0. The van der Waals surface area contributed by atoms with E-state index in [1.165, 1.54) is 5.56 Å². The molecule has 1 unspecified atom stereocenters. The van der Waals surface area contributed by atoms with Gasteiger partial charge < -0.3 is 19.1 Å². The van der Waals surface area contributed by atoms with Gasteiger partial charge in [-0.2, -0.15) is 0 Å². The summed E-state index contributed by atoms with van der Waals surface area (Å²) in [6.07, 6.45) is 1.54. The molecule has 1 saturated heterocycles. The highest BCUT2D eigenvalue weighted by Gasteiger charge is 2.24. The molecule has 0 aliphatic carbocycles. The number of fused-ring (bicyclic) bond motifs is 1.